The first-order valence-electron chi connectivity index (χ1n) is 8.99. The first-order valence-corrected chi connectivity index (χ1v) is 8.99. The highest BCUT2D eigenvalue weighted by Crippen LogP contribution is 2.32. The summed E-state index contributed by atoms with van der Waals surface area (Å²) in [4.78, 5) is 15.5. The third-order valence-electron chi connectivity index (χ3n) is 4.08. The van der Waals surface area contributed by atoms with Crippen LogP contribution < -0.4 is 25.4 Å². The van der Waals surface area contributed by atoms with Crippen LogP contribution in [0.5, 0.6) is 11.5 Å². The van der Waals surface area contributed by atoms with Crippen molar-refractivity contribution in [1.29, 1.82) is 0 Å². The highest BCUT2D eigenvalue weighted by Gasteiger charge is 2.11. The molecule has 3 rings (SSSR count). The average molecular weight is 512 g/mol. The van der Waals surface area contributed by atoms with Crippen LogP contribution in [0.25, 0.3) is 0 Å². The van der Waals surface area contributed by atoms with E-state index in [0.717, 1.165) is 29.2 Å². The van der Waals surface area contributed by atoms with Crippen LogP contribution in [-0.4, -0.2) is 39.4 Å². The Morgan fingerprint density at radius 1 is 1.03 bits per heavy atom. The summed E-state index contributed by atoms with van der Waals surface area (Å²) >= 11 is 0. The van der Waals surface area contributed by atoms with Gasteiger partial charge in [-0.05, 0) is 29.8 Å². The lowest BCUT2D eigenvalue weighted by atomic mass is 10.2. The predicted molar refractivity (Wildman–Crippen MR) is 124 cm³/mol. The zero-order valence-corrected chi connectivity index (χ0v) is 18.7. The zero-order chi connectivity index (χ0) is 19.8. The molecule has 2 aromatic rings. The first-order chi connectivity index (χ1) is 13.7. The van der Waals surface area contributed by atoms with Crippen molar-refractivity contribution in [2.45, 2.75) is 13.0 Å². The largest absolute Gasteiger partial charge is 0.490 e. The van der Waals surface area contributed by atoms with Gasteiger partial charge in [-0.2, -0.15) is 0 Å². The van der Waals surface area contributed by atoms with Crippen molar-refractivity contribution in [1.82, 2.24) is 5.32 Å². The molecule has 1 aliphatic heterocycles. The van der Waals surface area contributed by atoms with E-state index >= 15 is 0 Å². The van der Waals surface area contributed by atoms with Crippen molar-refractivity contribution >= 4 is 47.4 Å². The summed E-state index contributed by atoms with van der Waals surface area (Å²) in [5.41, 5.74) is 2.57. The summed E-state index contributed by atoms with van der Waals surface area (Å²) in [5.74, 6) is 2.12. The minimum Gasteiger partial charge on any atom is -0.490 e. The molecule has 156 valence electrons. The smallest absolute Gasteiger partial charge is 0.411 e. The van der Waals surface area contributed by atoms with Gasteiger partial charge in [0.25, 0.3) is 0 Å². The van der Waals surface area contributed by atoms with Gasteiger partial charge in [0.05, 0.1) is 20.3 Å². The fourth-order valence-electron chi connectivity index (χ4n) is 2.62. The molecule has 0 saturated heterocycles. The number of hydrogen-bond acceptors (Lipinski definition) is 5. The maximum atomic E-state index is 11.2. The number of carbonyl (C=O) groups is 1. The van der Waals surface area contributed by atoms with Crippen LogP contribution in [0.4, 0.5) is 16.2 Å². The van der Waals surface area contributed by atoms with E-state index in [1.807, 2.05) is 42.5 Å². The molecule has 2 aromatic carbocycles. The van der Waals surface area contributed by atoms with E-state index in [9.17, 15) is 4.79 Å². The van der Waals surface area contributed by atoms with Crippen LogP contribution in [-0.2, 0) is 11.3 Å². The van der Waals surface area contributed by atoms with Gasteiger partial charge in [-0.3, -0.25) is 10.3 Å². The molecule has 0 unspecified atom stereocenters. The highest BCUT2D eigenvalue weighted by molar-refractivity contribution is 14.0. The van der Waals surface area contributed by atoms with Crippen LogP contribution >= 0.6 is 24.0 Å². The van der Waals surface area contributed by atoms with Gasteiger partial charge in [-0.1, -0.05) is 12.1 Å². The highest BCUT2D eigenvalue weighted by atomic mass is 127. The molecule has 0 spiro atoms. The minimum atomic E-state index is -0.495. The molecule has 0 aromatic heterocycles. The Hall–Kier alpha value is -2.69. The number of ether oxygens (including phenoxy) is 3. The number of methoxy groups -OCH3 is 1. The molecule has 0 radical (unpaired) electrons. The Kier molecular flexibility index (Phi) is 8.84. The van der Waals surface area contributed by atoms with E-state index in [-0.39, 0.29) is 24.0 Å². The predicted octanol–water partition coefficient (Wildman–Crippen LogP) is 3.83. The molecule has 9 heteroatoms. The third-order valence-corrected chi connectivity index (χ3v) is 4.08. The lowest BCUT2D eigenvalue weighted by Crippen LogP contribution is -2.30. The molecule has 1 heterocycles. The van der Waals surface area contributed by atoms with E-state index in [1.54, 1.807) is 7.05 Å². The van der Waals surface area contributed by atoms with Crippen molar-refractivity contribution in [3.05, 3.63) is 48.0 Å². The molecule has 29 heavy (non-hydrogen) atoms. The normalized spacial score (nSPS) is 12.8. The second-order valence-corrected chi connectivity index (χ2v) is 6.08. The summed E-state index contributed by atoms with van der Waals surface area (Å²) in [7, 11) is 3.04. The van der Waals surface area contributed by atoms with Gasteiger partial charge in [0, 0.05) is 37.5 Å². The number of carbonyl (C=O) groups excluding carboxylic acids is 1. The van der Waals surface area contributed by atoms with Crippen molar-refractivity contribution in [3.8, 4) is 11.5 Å². The van der Waals surface area contributed by atoms with Crippen LogP contribution in [0, 0.1) is 0 Å². The average Bonchev–Trinajstić information content (AvgIpc) is 2.97. The van der Waals surface area contributed by atoms with E-state index in [1.165, 1.54) is 7.11 Å². The topological polar surface area (TPSA) is 93.2 Å². The Labute approximate surface area is 187 Å². The number of nitrogens with one attached hydrogen (secondary N) is 3. The number of amides is 1. The van der Waals surface area contributed by atoms with Crippen molar-refractivity contribution in [3.63, 3.8) is 0 Å². The first kappa shape index (κ1) is 22.6. The number of halogens is 1. The summed E-state index contributed by atoms with van der Waals surface area (Å²) in [6.07, 6.45) is 0.375. The molecule has 1 amide bonds. The summed E-state index contributed by atoms with van der Waals surface area (Å²) in [5, 5.41) is 9.11. The maximum Gasteiger partial charge on any atom is 0.411 e. The van der Waals surface area contributed by atoms with Gasteiger partial charge in [-0.15, -0.1) is 24.0 Å². The second kappa shape index (κ2) is 11.3. The molecule has 0 bridgehead atoms. The Morgan fingerprint density at radius 3 is 2.41 bits per heavy atom. The molecular weight excluding hydrogens is 487 g/mol. The molecular formula is C20H25IN4O4. The van der Waals surface area contributed by atoms with Gasteiger partial charge in [0.2, 0.25) is 0 Å². The van der Waals surface area contributed by atoms with Crippen molar-refractivity contribution in [2.75, 3.05) is 38.0 Å². The van der Waals surface area contributed by atoms with Gasteiger partial charge in [-0.25, -0.2) is 4.79 Å². The summed E-state index contributed by atoms with van der Waals surface area (Å²) < 4.78 is 15.9. The zero-order valence-electron chi connectivity index (χ0n) is 16.4. The van der Waals surface area contributed by atoms with Crippen LogP contribution in [0.2, 0.25) is 0 Å². The SMILES string of the molecule is CN=C(NCc1ccc(NC(=O)OC)cc1)Nc1ccc2c(c1)OCCCO2.I. The van der Waals surface area contributed by atoms with E-state index < -0.39 is 6.09 Å². The number of benzene rings is 2. The van der Waals surface area contributed by atoms with Gasteiger partial charge in [0.1, 0.15) is 0 Å². The maximum absolute atomic E-state index is 11.2. The number of hydrogen-bond donors (Lipinski definition) is 3. The number of anilines is 2. The van der Waals surface area contributed by atoms with E-state index in [2.05, 4.69) is 25.7 Å². The van der Waals surface area contributed by atoms with Crippen molar-refractivity contribution < 1.29 is 19.0 Å². The van der Waals surface area contributed by atoms with Gasteiger partial charge in [0.15, 0.2) is 17.5 Å². The summed E-state index contributed by atoms with van der Waals surface area (Å²) in [6, 6.07) is 13.2. The molecule has 0 aliphatic carbocycles. The molecule has 0 atom stereocenters. The Morgan fingerprint density at radius 2 is 1.72 bits per heavy atom. The molecule has 8 nitrogen and oxygen atoms in total. The number of guanidine groups is 1. The summed E-state index contributed by atoms with van der Waals surface area (Å²) in [6.45, 7) is 1.88. The Balaban J connectivity index is 0.00000300. The van der Waals surface area contributed by atoms with Crippen LogP contribution in [0.15, 0.2) is 47.5 Å². The fourth-order valence-corrected chi connectivity index (χ4v) is 2.62. The molecule has 0 saturated carbocycles. The van der Waals surface area contributed by atoms with E-state index in [0.29, 0.717) is 31.4 Å². The quantitative estimate of drug-likeness (QED) is 0.328. The second-order valence-electron chi connectivity index (χ2n) is 6.08. The monoisotopic (exact) mass is 512 g/mol. The number of nitrogens with zero attached hydrogens (tertiary/aromatic N) is 1. The van der Waals surface area contributed by atoms with Crippen LogP contribution in [0.1, 0.15) is 12.0 Å². The van der Waals surface area contributed by atoms with Crippen LogP contribution in [0.3, 0.4) is 0 Å². The standard InChI is InChI=1S/C20H24N4O4.HI/c1-21-19(22-13-14-4-6-15(7-5-14)24-20(25)26-2)23-16-8-9-17-18(12-16)28-11-3-10-27-17;/h4-9,12H,3,10-11,13H2,1-2H3,(H,24,25)(H2,21,22,23);1H. The lowest BCUT2D eigenvalue weighted by molar-refractivity contribution is 0.187. The molecule has 3 N–H and O–H groups in total. The molecule has 1 aliphatic rings. The number of aliphatic imine (C=N–C) groups is 1. The third kappa shape index (κ3) is 6.70. The fraction of sp³-hybridized carbons (Fsp3) is 0.300. The lowest BCUT2D eigenvalue weighted by Gasteiger charge is -2.14. The number of fused-ring (bicyclic) bond motifs is 1. The number of rotatable bonds is 4. The minimum absolute atomic E-state index is 0. The van der Waals surface area contributed by atoms with Crippen molar-refractivity contribution in [2.24, 2.45) is 4.99 Å². The van der Waals surface area contributed by atoms with Gasteiger partial charge < -0.3 is 24.8 Å². The van der Waals surface area contributed by atoms with E-state index in [4.69, 9.17) is 9.47 Å². The van der Waals surface area contributed by atoms with Gasteiger partial charge >= 0.3 is 6.09 Å². The Bertz CT molecular complexity index is 843. The molecule has 0 fully saturated rings.